The first-order valence-corrected chi connectivity index (χ1v) is 6.13. The van der Waals surface area contributed by atoms with Crippen LogP contribution < -0.4 is 0 Å². The molecule has 0 aliphatic rings. The van der Waals surface area contributed by atoms with E-state index < -0.39 is 4.92 Å². The van der Waals surface area contributed by atoms with Crippen molar-refractivity contribution in [3.63, 3.8) is 0 Å². The first-order chi connectivity index (χ1) is 9.68. The van der Waals surface area contributed by atoms with Crippen LogP contribution in [0.5, 0.6) is 5.75 Å². The number of aromatic hydroxyl groups is 1. The van der Waals surface area contributed by atoms with E-state index in [1.54, 1.807) is 12.1 Å². The highest BCUT2D eigenvalue weighted by atomic mass is 16.6. The molecule has 98 valence electrons. The third-order valence-electron chi connectivity index (χ3n) is 3.28. The van der Waals surface area contributed by atoms with Crippen LogP contribution in [-0.2, 0) is 0 Å². The molecule has 0 spiro atoms. The Morgan fingerprint density at radius 3 is 2.15 bits per heavy atom. The molecular weight excluding hydrogens is 254 g/mol. The summed E-state index contributed by atoms with van der Waals surface area (Å²) >= 11 is 0. The average Bonchev–Trinajstić information content (AvgIpc) is 2.48. The van der Waals surface area contributed by atoms with E-state index >= 15 is 0 Å². The number of hydrogen-bond acceptors (Lipinski definition) is 3. The number of phenolic OH excluding ortho intramolecular Hbond substituents is 1. The number of nitro benzene ring substituents is 1. The monoisotopic (exact) mass is 265 g/mol. The zero-order valence-corrected chi connectivity index (χ0v) is 10.5. The number of phenols is 1. The third-order valence-corrected chi connectivity index (χ3v) is 3.28. The van der Waals surface area contributed by atoms with E-state index in [0.29, 0.717) is 5.39 Å². The molecule has 0 aliphatic heterocycles. The summed E-state index contributed by atoms with van der Waals surface area (Å²) in [5, 5.41) is 22.4. The SMILES string of the molecule is O=[N+]([O-])c1cc(-c2ccccc2)c2ccccc2c1O. The Kier molecular flexibility index (Phi) is 2.84. The minimum atomic E-state index is -0.561. The summed E-state index contributed by atoms with van der Waals surface area (Å²) < 4.78 is 0. The summed E-state index contributed by atoms with van der Waals surface area (Å²) in [4.78, 5) is 10.5. The van der Waals surface area contributed by atoms with Gasteiger partial charge in [0.15, 0.2) is 0 Å². The van der Waals surface area contributed by atoms with Crippen molar-refractivity contribution in [2.45, 2.75) is 0 Å². The molecule has 0 saturated carbocycles. The Labute approximate surface area is 115 Å². The summed E-state index contributed by atoms with van der Waals surface area (Å²) in [5.74, 6) is -0.287. The lowest BCUT2D eigenvalue weighted by Gasteiger charge is -2.09. The molecule has 0 bridgehead atoms. The van der Waals surface area contributed by atoms with Crippen molar-refractivity contribution in [2.75, 3.05) is 0 Å². The van der Waals surface area contributed by atoms with Crippen molar-refractivity contribution < 1.29 is 10.0 Å². The van der Waals surface area contributed by atoms with Crippen molar-refractivity contribution in [3.05, 3.63) is 70.8 Å². The van der Waals surface area contributed by atoms with Crippen LogP contribution in [0.3, 0.4) is 0 Å². The molecule has 0 unspecified atom stereocenters. The van der Waals surface area contributed by atoms with Gasteiger partial charge in [-0.3, -0.25) is 10.1 Å². The summed E-state index contributed by atoms with van der Waals surface area (Å²) in [7, 11) is 0. The molecule has 0 heterocycles. The number of rotatable bonds is 2. The Hall–Kier alpha value is -2.88. The fourth-order valence-corrected chi connectivity index (χ4v) is 2.34. The van der Waals surface area contributed by atoms with Crippen LogP contribution in [-0.4, -0.2) is 10.0 Å². The molecule has 0 fully saturated rings. The lowest BCUT2D eigenvalue weighted by atomic mass is 9.97. The highest BCUT2D eigenvalue weighted by Gasteiger charge is 2.19. The zero-order chi connectivity index (χ0) is 14.1. The van der Waals surface area contributed by atoms with Gasteiger partial charge in [0.05, 0.1) is 4.92 Å². The smallest absolute Gasteiger partial charge is 0.311 e. The van der Waals surface area contributed by atoms with E-state index in [-0.39, 0.29) is 11.4 Å². The first kappa shape index (κ1) is 12.2. The molecule has 0 aliphatic carbocycles. The normalized spacial score (nSPS) is 10.6. The van der Waals surface area contributed by atoms with Gasteiger partial charge in [-0.15, -0.1) is 0 Å². The molecule has 20 heavy (non-hydrogen) atoms. The van der Waals surface area contributed by atoms with Crippen LogP contribution >= 0.6 is 0 Å². The van der Waals surface area contributed by atoms with Crippen LogP contribution in [0, 0.1) is 10.1 Å². The summed E-state index contributed by atoms with van der Waals surface area (Å²) in [5.41, 5.74) is 1.35. The van der Waals surface area contributed by atoms with Gasteiger partial charge >= 0.3 is 5.69 Å². The van der Waals surface area contributed by atoms with Gasteiger partial charge in [-0.2, -0.15) is 0 Å². The fraction of sp³-hybridized carbons (Fsp3) is 0. The maximum Gasteiger partial charge on any atom is 0.311 e. The number of nitrogens with zero attached hydrogens (tertiary/aromatic N) is 1. The second-order valence-corrected chi connectivity index (χ2v) is 4.46. The second-order valence-electron chi connectivity index (χ2n) is 4.46. The maximum atomic E-state index is 11.1. The minimum Gasteiger partial charge on any atom is -0.502 e. The van der Waals surface area contributed by atoms with Crippen LogP contribution in [0.4, 0.5) is 5.69 Å². The van der Waals surface area contributed by atoms with Gasteiger partial charge in [0.25, 0.3) is 0 Å². The molecule has 0 atom stereocenters. The first-order valence-electron chi connectivity index (χ1n) is 6.13. The molecule has 0 radical (unpaired) electrons. The van der Waals surface area contributed by atoms with Crippen LogP contribution in [0.15, 0.2) is 60.7 Å². The molecule has 3 rings (SSSR count). The number of benzene rings is 3. The highest BCUT2D eigenvalue weighted by molar-refractivity contribution is 6.02. The standard InChI is InChI=1S/C16H11NO3/c18-16-13-9-5-4-8-12(13)14(10-15(16)17(19)20)11-6-2-1-3-7-11/h1-10,18H. The topological polar surface area (TPSA) is 63.4 Å². The largest absolute Gasteiger partial charge is 0.502 e. The summed E-state index contributed by atoms with van der Waals surface area (Å²) in [6, 6.07) is 18.0. The Morgan fingerprint density at radius 1 is 0.900 bits per heavy atom. The Bertz CT molecular complexity index is 797. The van der Waals surface area contributed by atoms with Gasteiger partial charge in [0.2, 0.25) is 5.75 Å². The van der Waals surface area contributed by atoms with Crippen molar-refractivity contribution >= 4 is 16.5 Å². The van der Waals surface area contributed by atoms with E-state index in [2.05, 4.69) is 0 Å². The van der Waals surface area contributed by atoms with E-state index in [4.69, 9.17) is 0 Å². The number of hydrogen-bond donors (Lipinski definition) is 1. The summed E-state index contributed by atoms with van der Waals surface area (Å²) in [6.45, 7) is 0. The lowest BCUT2D eigenvalue weighted by Crippen LogP contribution is -1.91. The van der Waals surface area contributed by atoms with Gasteiger partial charge < -0.3 is 5.11 Å². The van der Waals surface area contributed by atoms with Crippen molar-refractivity contribution in [2.24, 2.45) is 0 Å². The van der Waals surface area contributed by atoms with Crippen molar-refractivity contribution in [3.8, 4) is 16.9 Å². The molecule has 0 saturated heterocycles. The van der Waals surface area contributed by atoms with Gasteiger partial charge in [0.1, 0.15) is 0 Å². The van der Waals surface area contributed by atoms with Crippen LogP contribution in [0.2, 0.25) is 0 Å². The quantitative estimate of drug-likeness (QED) is 0.560. The molecule has 0 amide bonds. The van der Waals surface area contributed by atoms with Gasteiger partial charge in [0, 0.05) is 11.5 Å². The molecule has 1 N–H and O–H groups in total. The van der Waals surface area contributed by atoms with Crippen molar-refractivity contribution in [1.82, 2.24) is 0 Å². The van der Waals surface area contributed by atoms with E-state index in [0.717, 1.165) is 16.5 Å². The average molecular weight is 265 g/mol. The molecular formula is C16H11NO3. The molecule has 0 aromatic heterocycles. The summed E-state index contributed by atoms with van der Waals surface area (Å²) in [6.07, 6.45) is 0. The molecule has 3 aromatic rings. The van der Waals surface area contributed by atoms with Crippen molar-refractivity contribution in [1.29, 1.82) is 0 Å². The zero-order valence-electron chi connectivity index (χ0n) is 10.5. The Morgan fingerprint density at radius 2 is 1.50 bits per heavy atom. The van der Waals surface area contributed by atoms with E-state index in [9.17, 15) is 15.2 Å². The maximum absolute atomic E-state index is 11.1. The minimum absolute atomic E-state index is 0.275. The van der Waals surface area contributed by atoms with Gasteiger partial charge in [-0.25, -0.2) is 0 Å². The second kappa shape index (κ2) is 4.66. The Balaban J connectivity index is 2.42. The predicted octanol–water partition coefficient (Wildman–Crippen LogP) is 4.12. The van der Waals surface area contributed by atoms with E-state index in [1.165, 1.54) is 6.07 Å². The van der Waals surface area contributed by atoms with Crippen LogP contribution in [0.25, 0.3) is 21.9 Å². The number of nitro groups is 1. The van der Waals surface area contributed by atoms with Crippen LogP contribution in [0.1, 0.15) is 0 Å². The highest BCUT2D eigenvalue weighted by Crippen LogP contribution is 2.40. The van der Waals surface area contributed by atoms with Gasteiger partial charge in [-0.05, 0) is 16.5 Å². The number of fused-ring (bicyclic) bond motifs is 1. The molecule has 3 aromatic carbocycles. The molecule has 4 nitrogen and oxygen atoms in total. The molecule has 4 heteroatoms. The predicted molar refractivity (Wildman–Crippen MR) is 77.7 cm³/mol. The fourth-order valence-electron chi connectivity index (χ4n) is 2.34. The lowest BCUT2D eigenvalue weighted by molar-refractivity contribution is -0.385. The van der Waals surface area contributed by atoms with Gasteiger partial charge in [-0.1, -0.05) is 54.6 Å². The van der Waals surface area contributed by atoms with E-state index in [1.807, 2.05) is 42.5 Å². The third kappa shape index (κ3) is 1.87.